The molecule has 0 radical (unpaired) electrons. The molecule has 4 nitrogen and oxygen atoms in total. The predicted molar refractivity (Wildman–Crippen MR) is 65.4 cm³/mol. The van der Waals surface area contributed by atoms with Crippen molar-refractivity contribution in [3.63, 3.8) is 0 Å². The molecule has 0 aromatic heterocycles. The Morgan fingerprint density at radius 1 is 1.47 bits per heavy atom. The van der Waals surface area contributed by atoms with Crippen LogP contribution in [0, 0.1) is 5.41 Å². The standard InChI is InChI=1S/C13H21NO3/c1-4-17-12(16)5-6-14-10-7-11(15)9-13(2,3)8-10/h7,14H,4-6,8-9H2,1-3H3. The third-order valence-corrected chi connectivity index (χ3v) is 2.64. The number of esters is 1. The number of hydrogen-bond donors (Lipinski definition) is 1. The normalized spacial score (nSPS) is 18.5. The van der Waals surface area contributed by atoms with Gasteiger partial charge < -0.3 is 10.1 Å². The average Bonchev–Trinajstić information content (AvgIpc) is 2.14. The van der Waals surface area contributed by atoms with Crippen LogP contribution in [-0.2, 0) is 14.3 Å². The highest BCUT2D eigenvalue weighted by Gasteiger charge is 2.27. The summed E-state index contributed by atoms with van der Waals surface area (Å²) in [6.07, 6.45) is 3.42. The largest absolute Gasteiger partial charge is 0.466 e. The number of nitrogens with one attached hydrogen (secondary N) is 1. The van der Waals surface area contributed by atoms with Gasteiger partial charge in [0.15, 0.2) is 5.78 Å². The van der Waals surface area contributed by atoms with E-state index in [9.17, 15) is 9.59 Å². The van der Waals surface area contributed by atoms with Crippen molar-refractivity contribution in [3.05, 3.63) is 11.8 Å². The van der Waals surface area contributed by atoms with Crippen LogP contribution < -0.4 is 5.32 Å². The lowest BCUT2D eigenvalue weighted by Gasteiger charge is -2.29. The summed E-state index contributed by atoms with van der Waals surface area (Å²) < 4.78 is 4.83. The molecule has 0 aromatic carbocycles. The summed E-state index contributed by atoms with van der Waals surface area (Å²) in [5, 5.41) is 3.14. The van der Waals surface area contributed by atoms with Crippen LogP contribution in [0.15, 0.2) is 11.8 Å². The zero-order chi connectivity index (χ0) is 12.9. The van der Waals surface area contributed by atoms with Gasteiger partial charge in [0.2, 0.25) is 0 Å². The molecule has 1 rings (SSSR count). The highest BCUT2D eigenvalue weighted by molar-refractivity contribution is 5.91. The minimum absolute atomic E-state index is 0.0120. The summed E-state index contributed by atoms with van der Waals surface area (Å²) in [7, 11) is 0. The van der Waals surface area contributed by atoms with Gasteiger partial charge in [-0.1, -0.05) is 13.8 Å². The van der Waals surface area contributed by atoms with Gasteiger partial charge in [0, 0.05) is 24.7 Å². The van der Waals surface area contributed by atoms with Crippen molar-refractivity contribution >= 4 is 11.8 Å². The predicted octanol–water partition coefficient (Wildman–Crippen LogP) is 1.80. The van der Waals surface area contributed by atoms with Gasteiger partial charge in [0.1, 0.15) is 0 Å². The summed E-state index contributed by atoms with van der Waals surface area (Å²) >= 11 is 0. The quantitative estimate of drug-likeness (QED) is 0.743. The van der Waals surface area contributed by atoms with E-state index in [1.807, 2.05) is 0 Å². The number of carbonyl (C=O) groups is 2. The molecule has 17 heavy (non-hydrogen) atoms. The second kappa shape index (κ2) is 5.84. The third-order valence-electron chi connectivity index (χ3n) is 2.64. The molecule has 96 valence electrons. The fourth-order valence-corrected chi connectivity index (χ4v) is 2.02. The van der Waals surface area contributed by atoms with E-state index in [0.29, 0.717) is 26.0 Å². The lowest BCUT2D eigenvalue weighted by Crippen LogP contribution is -2.29. The monoisotopic (exact) mass is 239 g/mol. The van der Waals surface area contributed by atoms with E-state index in [-0.39, 0.29) is 17.2 Å². The number of allylic oxidation sites excluding steroid dienone is 2. The maximum absolute atomic E-state index is 11.5. The van der Waals surface area contributed by atoms with Crippen LogP contribution in [0.3, 0.4) is 0 Å². The van der Waals surface area contributed by atoms with Crippen molar-refractivity contribution in [1.82, 2.24) is 5.32 Å². The van der Waals surface area contributed by atoms with E-state index < -0.39 is 0 Å². The molecule has 1 aliphatic rings. The fourth-order valence-electron chi connectivity index (χ4n) is 2.02. The first kappa shape index (κ1) is 13.7. The van der Waals surface area contributed by atoms with E-state index >= 15 is 0 Å². The van der Waals surface area contributed by atoms with Gasteiger partial charge in [-0.2, -0.15) is 0 Å². The number of rotatable bonds is 5. The Kier molecular flexibility index (Phi) is 4.73. The summed E-state index contributed by atoms with van der Waals surface area (Å²) in [5.74, 6) is -0.0538. The molecule has 0 amide bonds. The van der Waals surface area contributed by atoms with Crippen LogP contribution in [0.5, 0.6) is 0 Å². The second-order valence-corrected chi connectivity index (χ2v) is 5.14. The van der Waals surface area contributed by atoms with Gasteiger partial charge >= 0.3 is 5.97 Å². The van der Waals surface area contributed by atoms with E-state index in [1.54, 1.807) is 13.0 Å². The second-order valence-electron chi connectivity index (χ2n) is 5.14. The number of hydrogen-bond acceptors (Lipinski definition) is 4. The van der Waals surface area contributed by atoms with Gasteiger partial charge in [0.25, 0.3) is 0 Å². The molecule has 0 spiro atoms. The number of ketones is 1. The Hall–Kier alpha value is -1.32. The van der Waals surface area contributed by atoms with Crippen LogP contribution in [0.4, 0.5) is 0 Å². The smallest absolute Gasteiger partial charge is 0.307 e. The first-order chi connectivity index (χ1) is 7.93. The van der Waals surface area contributed by atoms with Crippen LogP contribution >= 0.6 is 0 Å². The van der Waals surface area contributed by atoms with Crippen molar-refractivity contribution in [2.24, 2.45) is 5.41 Å². The summed E-state index contributed by atoms with van der Waals surface area (Å²) in [4.78, 5) is 22.6. The van der Waals surface area contributed by atoms with Crippen molar-refractivity contribution in [3.8, 4) is 0 Å². The lowest BCUT2D eigenvalue weighted by molar-refractivity contribution is -0.142. The van der Waals surface area contributed by atoms with Crippen molar-refractivity contribution in [2.75, 3.05) is 13.2 Å². The van der Waals surface area contributed by atoms with Gasteiger partial charge in [-0.25, -0.2) is 0 Å². The molecule has 0 fully saturated rings. The molecule has 0 aliphatic heterocycles. The highest BCUT2D eigenvalue weighted by Crippen LogP contribution is 2.32. The van der Waals surface area contributed by atoms with E-state index in [2.05, 4.69) is 19.2 Å². The number of ether oxygens (including phenoxy) is 1. The van der Waals surface area contributed by atoms with Gasteiger partial charge in [-0.05, 0) is 18.8 Å². The Labute approximate surface area is 102 Å². The maximum atomic E-state index is 11.5. The van der Waals surface area contributed by atoms with Crippen molar-refractivity contribution < 1.29 is 14.3 Å². The molecular weight excluding hydrogens is 218 g/mol. The van der Waals surface area contributed by atoms with E-state index in [1.165, 1.54) is 0 Å². The van der Waals surface area contributed by atoms with Crippen molar-refractivity contribution in [1.29, 1.82) is 0 Å². The third kappa shape index (κ3) is 5.02. The maximum Gasteiger partial charge on any atom is 0.307 e. The zero-order valence-corrected chi connectivity index (χ0v) is 10.8. The lowest BCUT2D eigenvalue weighted by atomic mass is 9.79. The van der Waals surface area contributed by atoms with Crippen LogP contribution in [0.25, 0.3) is 0 Å². The zero-order valence-electron chi connectivity index (χ0n) is 10.8. The minimum Gasteiger partial charge on any atom is -0.466 e. The fraction of sp³-hybridized carbons (Fsp3) is 0.692. The topological polar surface area (TPSA) is 55.4 Å². The average molecular weight is 239 g/mol. The van der Waals surface area contributed by atoms with Crippen molar-refractivity contribution in [2.45, 2.75) is 40.0 Å². The van der Waals surface area contributed by atoms with Gasteiger partial charge in [0.05, 0.1) is 13.0 Å². The molecule has 0 heterocycles. The highest BCUT2D eigenvalue weighted by atomic mass is 16.5. The molecule has 0 bridgehead atoms. The molecule has 0 saturated heterocycles. The number of carbonyl (C=O) groups excluding carboxylic acids is 2. The Morgan fingerprint density at radius 3 is 2.76 bits per heavy atom. The summed E-state index contributed by atoms with van der Waals surface area (Å²) in [6.45, 7) is 6.87. The molecule has 0 saturated carbocycles. The van der Waals surface area contributed by atoms with Gasteiger partial charge in [-0.15, -0.1) is 0 Å². The SMILES string of the molecule is CCOC(=O)CCNC1=CC(=O)CC(C)(C)C1. The van der Waals surface area contributed by atoms with Crippen LogP contribution in [-0.4, -0.2) is 24.9 Å². The summed E-state index contributed by atoms with van der Waals surface area (Å²) in [6, 6.07) is 0. The molecule has 0 atom stereocenters. The van der Waals surface area contributed by atoms with Crippen LogP contribution in [0.1, 0.15) is 40.0 Å². The molecule has 1 N–H and O–H groups in total. The van der Waals surface area contributed by atoms with E-state index in [0.717, 1.165) is 12.1 Å². The Bertz CT molecular complexity index is 332. The molecule has 0 unspecified atom stereocenters. The van der Waals surface area contributed by atoms with Gasteiger partial charge in [-0.3, -0.25) is 9.59 Å². The van der Waals surface area contributed by atoms with E-state index in [4.69, 9.17) is 4.74 Å². The Balaban J connectivity index is 2.37. The Morgan fingerprint density at radius 2 is 2.18 bits per heavy atom. The first-order valence-electron chi connectivity index (χ1n) is 6.06. The molecular formula is C13H21NO3. The minimum atomic E-state index is -0.206. The first-order valence-corrected chi connectivity index (χ1v) is 6.06. The van der Waals surface area contributed by atoms with Crippen LogP contribution in [0.2, 0.25) is 0 Å². The molecule has 4 heteroatoms. The summed E-state index contributed by atoms with van der Waals surface area (Å²) in [5.41, 5.74) is 0.938. The molecule has 1 aliphatic carbocycles. The molecule has 0 aromatic rings.